The SMILES string of the molecule is CCNC(Cc1ccccc1C)c1ccc(C)c(F)c1. The van der Waals surface area contributed by atoms with Crippen LogP contribution in [0.5, 0.6) is 0 Å². The van der Waals surface area contributed by atoms with Gasteiger partial charge >= 0.3 is 0 Å². The Kier molecular flexibility index (Phi) is 4.91. The van der Waals surface area contributed by atoms with Crippen molar-refractivity contribution in [1.29, 1.82) is 0 Å². The van der Waals surface area contributed by atoms with Crippen molar-refractivity contribution in [1.82, 2.24) is 5.32 Å². The van der Waals surface area contributed by atoms with Crippen molar-refractivity contribution in [3.63, 3.8) is 0 Å². The summed E-state index contributed by atoms with van der Waals surface area (Å²) in [4.78, 5) is 0. The second-order valence-electron chi connectivity index (χ2n) is 5.25. The second kappa shape index (κ2) is 6.67. The normalized spacial score (nSPS) is 12.4. The van der Waals surface area contributed by atoms with Crippen LogP contribution in [0.4, 0.5) is 4.39 Å². The molecule has 2 aromatic rings. The van der Waals surface area contributed by atoms with Crippen LogP contribution in [0.1, 0.15) is 35.2 Å². The van der Waals surface area contributed by atoms with E-state index in [2.05, 4.69) is 37.4 Å². The van der Waals surface area contributed by atoms with Gasteiger partial charge in [-0.25, -0.2) is 4.39 Å². The van der Waals surface area contributed by atoms with E-state index < -0.39 is 0 Å². The van der Waals surface area contributed by atoms with Gasteiger partial charge < -0.3 is 5.32 Å². The molecule has 0 spiro atoms. The first kappa shape index (κ1) is 14.7. The van der Waals surface area contributed by atoms with Gasteiger partial charge in [-0.2, -0.15) is 0 Å². The fourth-order valence-corrected chi connectivity index (χ4v) is 2.44. The van der Waals surface area contributed by atoms with Crippen molar-refractivity contribution in [2.24, 2.45) is 0 Å². The topological polar surface area (TPSA) is 12.0 Å². The standard InChI is InChI=1S/C18H22FN/c1-4-20-18(12-15-8-6-5-7-13(15)2)16-10-9-14(3)17(19)11-16/h5-11,18,20H,4,12H2,1-3H3. The Morgan fingerprint density at radius 1 is 1.05 bits per heavy atom. The number of benzene rings is 2. The highest BCUT2D eigenvalue weighted by molar-refractivity contribution is 5.31. The van der Waals surface area contributed by atoms with E-state index >= 15 is 0 Å². The molecule has 0 fully saturated rings. The lowest BCUT2D eigenvalue weighted by atomic mass is 9.95. The zero-order valence-corrected chi connectivity index (χ0v) is 12.4. The molecule has 20 heavy (non-hydrogen) atoms. The molecule has 2 rings (SSSR count). The molecule has 0 bridgehead atoms. The van der Waals surface area contributed by atoms with E-state index in [4.69, 9.17) is 0 Å². The smallest absolute Gasteiger partial charge is 0.126 e. The Hall–Kier alpha value is -1.67. The van der Waals surface area contributed by atoms with Crippen molar-refractivity contribution < 1.29 is 4.39 Å². The molecule has 0 saturated carbocycles. The largest absolute Gasteiger partial charge is 0.310 e. The molecule has 1 N–H and O–H groups in total. The summed E-state index contributed by atoms with van der Waals surface area (Å²) in [5.41, 5.74) is 4.29. The van der Waals surface area contributed by atoms with E-state index in [0.29, 0.717) is 5.56 Å². The van der Waals surface area contributed by atoms with Crippen LogP contribution < -0.4 is 5.32 Å². The number of rotatable bonds is 5. The first-order valence-electron chi connectivity index (χ1n) is 7.15. The number of nitrogens with one attached hydrogen (secondary N) is 1. The Balaban J connectivity index is 2.27. The third-order valence-corrected chi connectivity index (χ3v) is 3.73. The van der Waals surface area contributed by atoms with Crippen molar-refractivity contribution >= 4 is 0 Å². The summed E-state index contributed by atoms with van der Waals surface area (Å²) in [6, 6.07) is 14.0. The Morgan fingerprint density at radius 3 is 2.45 bits per heavy atom. The highest BCUT2D eigenvalue weighted by Gasteiger charge is 2.13. The number of hydrogen-bond acceptors (Lipinski definition) is 1. The molecule has 0 heterocycles. The average molecular weight is 271 g/mol. The minimum absolute atomic E-state index is 0.129. The minimum atomic E-state index is -0.129. The second-order valence-corrected chi connectivity index (χ2v) is 5.25. The molecule has 1 nitrogen and oxygen atoms in total. The molecule has 0 radical (unpaired) electrons. The zero-order chi connectivity index (χ0) is 14.5. The van der Waals surface area contributed by atoms with Crippen molar-refractivity contribution in [3.8, 4) is 0 Å². The fourth-order valence-electron chi connectivity index (χ4n) is 2.44. The number of halogens is 1. The van der Waals surface area contributed by atoms with Gasteiger partial charge in [0.25, 0.3) is 0 Å². The molecule has 0 aromatic heterocycles. The van der Waals surface area contributed by atoms with Gasteiger partial charge in [-0.1, -0.05) is 43.3 Å². The summed E-state index contributed by atoms with van der Waals surface area (Å²) in [5, 5.41) is 3.45. The number of hydrogen-bond donors (Lipinski definition) is 1. The van der Waals surface area contributed by atoms with E-state index in [1.807, 2.05) is 18.2 Å². The summed E-state index contributed by atoms with van der Waals surface area (Å²) in [5.74, 6) is -0.129. The van der Waals surface area contributed by atoms with Gasteiger partial charge in [-0.15, -0.1) is 0 Å². The summed E-state index contributed by atoms with van der Waals surface area (Å²) >= 11 is 0. The van der Waals surface area contributed by atoms with Gasteiger partial charge in [0.05, 0.1) is 0 Å². The molecule has 106 valence electrons. The average Bonchev–Trinajstić information content (AvgIpc) is 2.44. The van der Waals surface area contributed by atoms with Crippen LogP contribution in [0.15, 0.2) is 42.5 Å². The summed E-state index contributed by atoms with van der Waals surface area (Å²) < 4.78 is 13.8. The van der Waals surface area contributed by atoms with Crippen molar-refractivity contribution in [2.45, 2.75) is 33.2 Å². The van der Waals surface area contributed by atoms with Gasteiger partial charge in [-0.05, 0) is 55.1 Å². The van der Waals surface area contributed by atoms with E-state index in [9.17, 15) is 4.39 Å². The van der Waals surface area contributed by atoms with E-state index in [0.717, 1.165) is 18.5 Å². The predicted octanol–water partition coefficient (Wildman–Crippen LogP) is 4.34. The molecule has 1 atom stereocenters. The van der Waals surface area contributed by atoms with Gasteiger partial charge in [0.2, 0.25) is 0 Å². The van der Waals surface area contributed by atoms with Crippen LogP contribution in [0.2, 0.25) is 0 Å². The summed E-state index contributed by atoms with van der Waals surface area (Å²) in [6.45, 7) is 6.86. The molecular weight excluding hydrogens is 249 g/mol. The van der Waals surface area contributed by atoms with Crippen molar-refractivity contribution in [2.75, 3.05) is 6.54 Å². The molecule has 1 unspecified atom stereocenters. The molecular formula is C18H22FN. The van der Waals surface area contributed by atoms with Gasteiger partial charge in [-0.3, -0.25) is 0 Å². The van der Waals surface area contributed by atoms with Crippen LogP contribution in [-0.2, 0) is 6.42 Å². The molecule has 0 aliphatic heterocycles. The van der Waals surface area contributed by atoms with E-state index in [1.54, 1.807) is 13.0 Å². The molecule has 0 amide bonds. The lowest BCUT2D eigenvalue weighted by Crippen LogP contribution is -2.23. The molecule has 2 aromatic carbocycles. The van der Waals surface area contributed by atoms with E-state index in [-0.39, 0.29) is 11.9 Å². The van der Waals surface area contributed by atoms with Crippen LogP contribution in [-0.4, -0.2) is 6.54 Å². The maximum atomic E-state index is 13.8. The summed E-state index contributed by atoms with van der Waals surface area (Å²) in [6.07, 6.45) is 0.878. The first-order valence-corrected chi connectivity index (χ1v) is 7.15. The van der Waals surface area contributed by atoms with E-state index in [1.165, 1.54) is 11.1 Å². The highest BCUT2D eigenvalue weighted by Crippen LogP contribution is 2.22. The quantitative estimate of drug-likeness (QED) is 0.853. The third-order valence-electron chi connectivity index (χ3n) is 3.73. The maximum absolute atomic E-state index is 13.8. The van der Waals surface area contributed by atoms with Gasteiger partial charge in [0.15, 0.2) is 0 Å². The Labute approximate surface area is 120 Å². The van der Waals surface area contributed by atoms with Crippen LogP contribution in [0, 0.1) is 19.7 Å². The zero-order valence-electron chi connectivity index (χ0n) is 12.4. The molecule has 2 heteroatoms. The van der Waals surface area contributed by atoms with Gasteiger partial charge in [0.1, 0.15) is 5.82 Å². The third kappa shape index (κ3) is 3.45. The van der Waals surface area contributed by atoms with Crippen LogP contribution in [0.25, 0.3) is 0 Å². The minimum Gasteiger partial charge on any atom is -0.310 e. The highest BCUT2D eigenvalue weighted by atomic mass is 19.1. The molecule has 0 saturated heterocycles. The first-order chi connectivity index (χ1) is 9.61. The Morgan fingerprint density at radius 2 is 1.80 bits per heavy atom. The fraction of sp³-hybridized carbons (Fsp3) is 0.333. The van der Waals surface area contributed by atoms with Crippen molar-refractivity contribution in [3.05, 3.63) is 70.5 Å². The lowest BCUT2D eigenvalue weighted by Gasteiger charge is -2.20. The van der Waals surface area contributed by atoms with Crippen LogP contribution >= 0.6 is 0 Å². The molecule has 0 aliphatic rings. The lowest BCUT2D eigenvalue weighted by molar-refractivity contribution is 0.540. The van der Waals surface area contributed by atoms with Gasteiger partial charge in [0, 0.05) is 6.04 Å². The maximum Gasteiger partial charge on any atom is 0.126 e. The summed E-state index contributed by atoms with van der Waals surface area (Å²) in [7, 11) is 0. The van der Waals surface area contributed by atoms with Crippen LogP contribution in [0.3, 0.4) is 0 Å². The number of likely N-dealkylation sites (N-methyl/N-ethyl adjacent to an activating group) is 1. The predicted molar refractivity (Wildman–Crippen MR) is 82.4 cm³/mol. The Bertz CT molecular complexity index is 577. The number of aryl methyl sites for hydroxylation is 2. The monoisotopic (exact) mass is 271 g/mol. The molecule has 0 aliphatic carbocycles.